The van der Waals surface area contributed by atoms with Crippen molar-refractivity contribution in [1.82, 2.24) is 10.2 Å². The van der Waals surface area contributed by atoms with E-state index in [1.54, 1.807) is 11.3 Å². The first kappa shape index (κ1) is 15.5. The van der Waals surface area contributed by atoms with Crippen molar-refractivity contribution >= 4 is 17.2 Å². The maximum Gasteiger partial charge on any atom is 0.234 e. The van der Waals surface area contributed by atoms with Crippen LogP contribution in [0.25, 0.3) is 0 Å². The van der Waals surface area contributed by atoms with Crippen LogP contribution < -0.4 is 11.1 Å². The second-order valence-corrected chi connectivity index (χ2v) is 6.79. The molecule has 0 aliphatic carbocycles. The van der Waals surface area contributed by atoms with E-state index in [2.05, 4.69) is 35.5 Å². The highest BCUT2D eigenvalue weighted by atomic mass is 32.1. The number of likely N-dealkylation sites (tertiary alicyclic amines) is 1. The molecule has 0 spiro atoms. The summed E-state index contributed by atoms with van der Waals surface area (Å²) >= 11 is 1.70. The van der Waals surface area contributed by atoms with Gasteiger partial charge in [-0.25, -0.2) is 0 Å². The number of rotatable bonds is 6. The van der Waals surface area contributed by atoms with Gasteiger partial charge in [0.15, 0.2) is 0 Å². The predicted octanol–water partition coefficient (Wildman–Crippen LogP) is 1.98. The lowest BCUT2D eigenvalue weighted by atomic mass is 10.0. The Morgan fingerprint density at radius 2 is 2.40 bits per heavy atom. The van der Waals surface area contributed by atoms with Gasteiger partial charge in [-0.2, -0.15) is 0 Å². The van der Waals surface area contributed by atoms with Crippen molar-refractivity contribution in [1.29, 1.82) is 0 Å². The van der Waals surface area contributed by atoms with E-state index in [-0.39, 0.29) is 11.9 Å². The van der Waals surface area contributed by atoms with Crippen molar-refractivity contribution in [3.8, 4) is 0 Å². The van der Waals surface area contributed by atoms with Gasteiger partial charge in [0.1, 0.15) is 0 Å². The van der Waals surface area contributed by atoms with Crippen LogP contribution in [0.15, 0.2) is 17.5 Å². The molecule has 4 nitrogen and oxygen atoms in total. The quantitative estimate of drug-likeness (QED) is 0.844. The van der Waals surface area contributed by atoms with Crippen LogP contribution in [0.5, 0.6) is 0 Å². The maximum atomic E-state index is 12.3. The molecule has 0 radical (unpaired) electrons. The second kappa shape index (κ2) is 7.20. The SMILES string of the molecule is CC(C)C(NC(=O)CN1CCCC1CN)c1cccs1. The standard InChI is InChI=1S/C15H25N3OS/c1-11(2)15(13-6-4-8-20-13)17-14(19)10-18-7-3-5-12(18)9-16/h4,6,8,11-12,15H,3,5,7,9-10,16H2,1-2H3,(H,17,19). The Balaban J connectivity index is 1.92. The molecule has 1 aliphatic rings. The number of carbonyl (C=O) groups is 1. The minimum atomic E-state index is 0.109. The molecule has 2 heterocycles. The third-order valence-electron chi connectivity index (χ3n) is 3.95. The summed E-state index contributed by atoms with van der Waals surface area (Å²) in [6.45, 7) is 6.38. The molecule has 3 N–H and O–H groups in total. The Bertz CT molecular complexity index is 419. The van der Waals surface area contributed by atoms with Gasteiger partial charge in [-0.05, 0) is 36.8 Å². The smallest absolute Gasteiger partial charge is 0.234 e. The summed E-state index contributed by atoms with van der Waals surface area (Å²) in [5.41, 5.74) is 5.75. The monoisotopic (exact) mass is 295 g/mol. The normalized spacial score (nSPS) is 21.3. The number of carbonyl (C=O) groups excluding carboxylic acids is 1. The molecule has 5 heteroatoms. The molecule has 1 aliphatic heterocycles. The fourth-order valence-corrected chi connectivity index (χ4v) is 3.76. The molecule has 20 heavy (non-hydrogen) atoms. The molecule has 1 aromatic heterocycles. The molecule has 1 amide bonds. The highest BCUT2D eigenvalue weighted by molar-refractivity contribution is 7.10. The molecule has 112 valence electrons. The van der Waals surface area contributed by atoms with Crippen LogP contribution in [0.4, 0.5) is 0 Å². The van der Waals surface area contributed by atoms with Crippen LogP contribution in [0.3, 0.4) is 0 Å². The number of nitrogens with one attached hydrogen (secondary N) is 1. The van der Waals surface area contributed by atoms with Gasteiger partial charge >= 0.3 is 0 Å². The summed E-state index contributed by atoms with van der Waals surface area (Å²) in [6.07, 6.45) is 2.26. The summed E-state index contributed by atoms with van der Waals surface area (Å²) in [5.74, 6) is 0.499. The Kier molecular flexibility index (Phi) is 5.57. The van der Waals surface area contributed by atoms with Gasteiger partial charge < -0.3 is 11.1 Å². The second-order valence-electron chi connectivity index (χ2n) is 5.81. The van der Waals surface area contributed by atoms with Gasteiger partial charge in [0.25, 0.3) is 0 Å². The largest absolute Gasteiger partial charge is 0.347 e. The van der Waals surface area contributed by atoms with E-state index < -0.39 is 0 Å². The summed E-state index contributed by atoms with van der Waals surface area (Å²) in [6, 6.07) is 4.61. The number of hydrogen-bond donors (Lipinski definition) is 2. The number of nitrogens with two attached hydrogens (primary N) is 1. The van der Waals surface area contributed by atoms with Gasteiger partial charge in [0, 0.05) is 17.5 Å². The first-order valence-corrected chi connectivity index (χ1v) is 8.26. The van der Waals surface area contributed by atoms with E-state index in [9.17, 15) is 4.79 Å². The lowest BCUT2D eigenvalue weighted by Gasteiger charge is -2.26. The molecule has 0 aromatic carbocycles. The Hall–Kier alpha value is -0.910. The Morgan fingerprint density at radius 1 is 1.60 bits per heavy atom. The van der Waals surface area contributed by atoms with Gasteiger partial charge in [0.2, 0.25) is 5.91 Å². The van der Waals surface area contributed by atoms with E-state index in [1.165, 1.54) is 4.88 Å². The van der Waals surface area contributed by atoms with Gasteiger partial charge in [-0.1, -0.05) is 19.9 Å². The highest BCUT2D eigenvalue weighted by Crippen LogP contribution is 2.25. The highest BCUT2D eigenvalue weighted by Gasteiger charge is 2.26. The number of thiophene rings is 1. The van der Waals surface area contributed by atoms with Crippen molar-refractivity contribution in [2.75, 3.05) is 19.6 Å². The van der Waals surface area contributed by atoms with E-state index in [1.807, 2.05) is 6.07 Å². The molecule has 1 saturated heterocycles. The molecule has 2 rings (SSSR count). The molecule has 0 saturated carbocycles. The van der Waals surface area contributed by atoms with E-state index >= 15 is 0 Å². The topological polar surface area (TPSA) is 58.4 Å². The molecule has 2 atom stereocenters. The van der Waals surface area contributed by atoms with E-state index in [4.69, 9.17) is 5.73 Å². The van der Waals surface area contributed by atoms with E-state index in [0.717, 1.165) is 19.4 Å². The molecule has 1 fully saturated rings. The number of amides is 1. The maximum absolute atomic E-state index is 12.3. The molecule has 0 bridgehead atoms. The van der Waals surface area contributed by atoms with Crippen molar-refractivity contribution in [3.63, 3.8) is 0 Å². The van der Waals surface area contributed by atoms with Gasteiger partial charge in [-0.3, -0.25) is 9.69 Å². The summed E-state index contributed by atoms with van der Waals surface area (Å²) in [7, 11) is 0. The first-order chi connectivity index (χ1) is 9.61. The average Bonchev–Trinajstić information content (AvgIpc) is 3.06. The third kappa shape index (κ3) is 3.81. The first-order valence-electron chi connectivity index (χ1n) is 7.38. The molecule has 2 unspecified atom stereocenters. The predicted molar refractivity (Wildman–Crippen MR) is 83.7 cm³/mol. The van der Waals surface area contributed by atoms with Crippen LogP contribution in [-0.2, 0) is 4.79 Å². The zero-order valence-corrected chi connectivity index (χ0v) is 13.2. The minimum absolute atomic E-state index is 0.109. The summed E-state index contributed by atoms with van der Waals surface area (Å²) < 4.78 is 0. The minimum Gasteiger partial charge on any atom is -0.347 e. The van der Waals surface area contributed by atoms with Crippen LogP contribution in [0.2, 0.25) is 0 Å². The lowest BCUT2D eigenvalue weighted by Crippen LogP contribution is -2.44. The van der Waals surface area contributed by atoms with Crippen molar-refractivity contribution in [2.45, 2.75) is 38.8 Å². The molecule has 1 aromatic rings. The van der Waals surface area contributed by atoms with Gasteiger partial charge in [-0.15, -0.1) is 11.3 Å². The van der Waals surface area contributed by atoms with Crippen LogP contribution in [0.1, 0.15) is 37.6 Å². The van der Waals surface area contributed by atoms with Crippen LogP contribution >= 0.6 is 11.3 Å². The fourth-order valence-electron chi connectivity index (χ4n) is 2.81. The molecular formula is C15H25N3OS. The Morgan fingerprint density at radius 3 is 3.00 bits per heavy atom. The summed E-state index contributed by atoms with van der Waals surface area (Å²) in [4.78, 5) is 15.7. The lowest BCUT2D eigenvalue weighted by molar-refractivity contribution is -0.123. The average molecular weight is 295 g/mol. The van der Waals surface area contributed by atoms with E-state index in [0.29, 0.717) is 25.0 Å². The van der Waals surface area contributed by atoms with Crippen LogP contribution in [-0.4, -0.2) is 36.5 Å². The zero-order valence-electron chi connectivity index (χ0n) is 12.3. The van der Waals surface area contributed by atoms with Crippen molar-refractivity contribution in [3.05, 3.63) is 22.4 Å². The van der Waals surface area contributed by atoms with Crippen LogP contribution in [0, 0.1) is 5.92 Å². The third-order valence-corrected chi connectivity index (χ3v) is 4.91. The fraction of sp³-hybridized carbons (Fsp3) is 0.667. The Labute approximate surface area is 125 Å². The van der Waals surface area contributed by atoms with Crippen molar-refractivity contribution < 1.29 is 4.79 Å². The zero-order chi connectivity index (χ0) is 14.5. The van der Waals surface area contributed by atoms with Gasteiger partial charge in [0.05, 0.1) is 12.6 Å². The summed E-state index contributed by atoms with van der Waals surface area (Å²) in [5, 5.41) is 5.24. The number of hydrogen-bond acceptors (Lipinski definition) is 4. The number of nitrogens with zero attached hydrogens (tertiary/aromatic N) is 1. The van der Waals surface area contributed by atoms with Crippen molar-refractivity contribution in [2.24, 2.45) is 11.7 Å². The molecular weight excluding hydrogens is 270 g/mol.